The topological polar surface area (TPSA) is 76.5 Å². The second kappa shape index (κ2) is 5.51. The smallest absolute Gasteiger partial charge is 0.268 e. The highest BCUT2D eigenvalue weighted by Gasteiger charge is 2.29. The quantitative estimate of drug-likeness (QED) is 0.727. The van der Waals surface area contributed by atoms with E-state index >= 15 is 0 Å². The first-order valence-electron chi connectivity index (χ1n) is 7.28. The third-order valence-electron chi connectivity index (χ3n) is 3.71. The van der Waals surface area contributed by atoms with Crippen molar-refractivity contribution >= 4 is 33.3 Å². The van der Waals surface area contributed by atoms with Gasteiger partial charge in [0.05, 0.1) is 11.3 Å². The van der Waals surface area contributed by atoms with Crippen molar-refractivity contribution in [1.82, 2.24) is 24.7 Å². The van der Waals surface area contributed by atoms with Gasteiger partial charge in [-0.2, -0.15) is 0 Å². The fraction of sp³-hybridized carbons (Fsp3) is 0.429. The highest BCUT2D eigenvalue weighted by Crippen LogP contribution is 2.40. The lowest BCUT2D eigenvalue weighted by Crippen LogP contribution is -2.09. The maximum Gasteiger partial charge on any atom is 0.268 e. The fourth-order valence-electron chi connectivity index (χ4n) is 2.47. The zero-order valence-electron chi connectivity index (χ0n) is 12.1. The molecule has 3 aromatic rings. The zero-order valence-corrected chi connectivity index (χ0v) is 13.7. The van der Waals surface area contributed by atoms with Gasteiger partial charge in [0.1, 0.15) is 16.3 Å². The van der Waals surface area contributed by atoms with E-state index in [-0.39, 0.29) is 5.56 Å². The van der Waals surface area contributed by atoms with Crippen molar-refractivity contribution in [3.8, 4) is 0 Å². The Labute approximate surface area is 135 Å². The normalized spacial score (nSPS) is 14.8. The van der Waals surface area contributed by atoms with Crippen LogP contribution in [0.3, 0.4) is 0 Å². The maximum atomic E-state index is 12.0. The molecule has 4 rings (SSSR count). The monoisotopic (exact) mass is 333 g/mol. The van der Waals surface area contributed by atoms with Crippen LogP contribution < -0.4 is 5.56 Å². The Balaban J connectivity index is 1.57. The lowest BCUT2D eigenvalue weighted by molar-refractivity contribution is 0.643. The first-order chi connectivity index (χ1) is 10.8. The summed E-state index contributed by atoms with van der Waals surface area (Å²) in [5, 5.41) is 11.4. The Morgan fingerprint density at radius 2 is 2.32 bits per heavy atom. The minimum absolute atomic E-state index is 0.0637. The van der Waals surface area contributed by atoms with Gasteiger partial charge in [-0.15, -0.1) is 21.5 Å². The van der Waals surface area contributed by atoms with E-state index in [1.54, 1.807) is 11.8 Å². The van der Waals surface area contributed by atoms with Gasteiger partial charge in [0, 0.05) is 12.5 Å². The second-order valence-corrected chi connectivity index (χ2v) is 7.15. The van der Waals surface area contributed by atoms with Crippen LogP contribution in [-0.4, -0.2) is 24.7 Å². The van der Waals surface area contributed by atoms with Crippen molar-refractivity contribution in [2.75, 3.05) is 0 Å². The molecule has 6 nitrogen and oxygen atoms in total. The molecule has 1 saturated carbocycles. The predicted molar refractivity (Wildman–Crippen MR) is 87.5 cm³/mol. The Kier molecular flexibility index (Phi) is 3.50. The molecule has 0 aromatic carbocycles. The average Bonchev–Trinajstić information content (AvgIpc) is 3.10. The predicted octanol–water partition coefficient (Wildman–Crippen LogP) is 2.77. The summed E-state index contributed by atoms with van der Waals surface area (Å²) in [6.45, 7) is 2.98. The average molecular weight is 333 g/mol. The van der Waals surface area contributed by atoms with Crippen molar-refractivity contribution < 1.29 is 0 Å². The molecule has 1 fully saturated rings. The summed E-state index contributed by atoms with van der Waals surface area (Å²) in [4.78, 5) is 19.3. The minimum atomic E-state index is -0.0637. The van der Waals surface area contributed by atoms with E-state index < -0.39 is 0 Å². The summed E-state index contributed by atoms with van der Waals surface area (Å²) in [5.74, 6) is 2.95. The number of thiophene rings is 1. The molecule has 0 spiro atoms. The molecule has 1 N–H and O–H groups in total. The van der Waals surface area contributed by atoms with E-state index in [1.807, 2.05) is 11.4 Å². The fourth-order valence-corrected chi connectivity index (χ4v) is 4.08. The second-order valence-electron chi connectivity index (χ2n) is 5.30. The van der Waals surface area contributed by atoms with E-state index in [4.69, 9.17) is 0 Å². The van der Waals surface area contributed by atoms with Crippen LogP contribution >= 0.6 is 23.1 Å². The number of aromatic nitrogens is 5. The molecule has 1 aliphatic rings. The number of aromatic amines is 1. The molecule has 1 aliphatic carbocycles. The molecule has 0 saturated heterocycles. The molecule has 3 heterocycles. The van der Waals surface area contributed by atoms with Gasteiger partial charge in [-0.25, -0.2) is 4.98 Å². The van der Waals surface area contributed by atoms with Crippen molar-refractivity contribution in [1.29, 1.82) is 0 Å². The molecule has 0 bridgehead atoms. The summed E-state index contributed by atoms with van der Waals surface area (Å²) < 4.78 is 2.85. The van der Waals surface area contributed by atoms with Crippen LogP contribution in [0.2, 0.25) is 0 Å². The SMILES string of the molecule is CCn1c(SCc2nc3ccsc3c(=O)[nH]2)nnc1C1CC1. The van der Waals surface area contributed by atoms with Gasteiger partial charge in [0.15, 0.2) is 5.16 Å². The number of rotatable bonds is 5. The number of H-pyrrole nitrogens is 1. The van der Waals surface area contributed by atoms with E-state index in [1.165, 1.54) is 24.2 Å². The van der Waals surface area contributed by atoms with Gasteiger partial charge >= 0.3 is 0 Å². The first kappa shape index (κ1) is 14.0. The molecule has 0 aliphatic heterocycles. The molecule has 8 heteroatoms. The third kappa shape index (κ3) is 2.46. The summed E-state index contributed by atoms with van der Waals surface area (Å²) in [6, 6.07) is 1.88. The number of nitrogens with zero attached hydrogens (tertiary/aromatic N) is 4. The van der Waals surface area contributed by atoms with Crippen LogP contribution in [0.4, 0.5) is 0 Å². The van der Waals surface area contributed by atoms with Crippen LogP contribution in [0.5, 0.6) is 0 Å². The number of hydrogen-bond donors (Lipinski definition) is 1. The summed E-state index contributed by atoms with van der Waals surface area (Å²) >= 11 is 2.99. The summed E-state index contributed by atoms with van der Waals surface area (Å²) in [6.07, 6.45) is 2.43. The van der Waals surface area contributed by atoms with E-state index in [9.17, 15) is 4.79 Å². The zero-order chi connectivity index (χ0) is 15.1. The molecule has 22 heavy (non-hydrogen) atoms. The third-order valence-corrected chi connectivity index (χ3v) is 5.59. The number of nitrogens with one attached hydrogen (secondary N) is 1. The molecule has 0 atom stereocenters. The van der Waals surface area contributed by atoms with Crippen LogP contribution in [0, 0.1) is 0 Å². The van der Waals surface area contributed by atoms with Crippen LogP contribution in [-0.2, 0) is 12.3 Å². The lowest BCUT2D eigenvalue weighted by Gasteiger charge is -2.06. The van der Waals surface area contributed by atoms with Gasteiger partial charge in [0.2, 0.25) is 0 Å². The summed E-state index contributed by atoms with van der Waals surface area (Å²) in [7, 11) is 0. The van der Waals surface area contributed by atoms with E-state index in [2.05, 4.69) is 31.7 Å². The number of thioether (sulfide) groups is 1. The van der Waals surface area contributed by atoms with Crippen molar-refractivity contribution in [3.63, 3.8) is 0 Å². The standard InChI is InChI=1S/C14H15N5OS2/c1-2-19-12(8-3-4-8)17-18-14(19)22-7-10-15-9-5-6-21-11(9)13(20)16-10/h5-6,8H,2-4,7H2,1H3,(H,15,16,20). The number of hydrogen-bond acceptors (Lipinski definition) is 6. The van der Waals surface area contributed by atoms with Crippen LogP contribution in [0.1, 0.15) is 37.3 Å². The Morgan fingerprint density at radius 3 is 3.09 bits per heavy atom. The van der Waals surface area contributed by atoms with E-state index in [0.29, 0.717) is 22.2 Å². The molecular weight excluding hydrogens is 318 g/mol. The molecule has 0 radical (unpaired) electrons. The van der Waals surface area contributed by atoms with Gasteiger partial charge in [-0.3, -0.25) is 4.79 Å². The van der Waals surface area contributed by atoms with Gasteiger partial charge in [-0.1, -0.05) is 11.8 Å². The highest BCUT2D eigenvalue weighted by atomic mass is 32.2. The van der Waals surface area contributed by atoms with Crippen LogP contribution in [0.25, 0.3) is 10.2 Å². The Morgan fingerprint density at radius 1 is 1.45 bits per heavy atom. The Bertz CT molecular complexity index is 877. The minimum Gasteiger partial charge on any atom is -0.309 e. The van der Waals surface area contributed by atoms with Gasteiger partial charge in [-0.05, 0) is 31.2 Å². The van der Waals surface area contributed by atoms with Crippen molar-refractivity contribution in [2.45, 2.75) is 43.1 Å². The van der Waals surface area contributed by atoms with Gasteiger partial charge in [0.25, 0.3) is 5.56 Å². The maximum absolute atomic E-state index is 12.0. The Hall–Kier alpha value is -1.67. The highest BCUT2D eigenvalue weighted by molar-refractivity contribution is 7.98. The molecular formula is C14H15N5OS2. The van der Waals surface area contributed by atoms with Crippen molar-refractivity contribution in [2.24, 2.45) is 0 Å². The number of fused-ring (bicyclic) bond motifs is 1. The van der Waals surface area contributed by atoms with Gasteiger partial charge < -0.3 is 9.55 Å². The summed E-state index contributed by atoms with van der Waals surface area (Å²) in [5.41, 5.74) is 0.700. The van der Waals surface area contributed by atoms with Crippen molar-refractivity contribution in [3.05, 3.63) is 33.4 Å². The molecule has 0 unspecified atom stereocenters. The molecule has 114 valence electrons. The first-order valence-corrected chi connectivity index (χ1v) is 9.15. The largest absolute Gasteiger partial charge is 0.309 e. The van der Waals surface area contributed by atoms with E-state index in [0.717, 1.165) is 23.0 Å². The van der Waals surface area contributed by atoms with Crippen LogP contribution in [0.15, 0.2) is 21.4 Å². The molecule has 0 amide bonds. The molecule has 3 aromatic heterocycles. The lowest BCUT2D eigenvalue weighted by atomic mass is 10.4.